The average molecular weight is 260 g/mol. The van der Waals surface area contributed by atoms with E-state index in [4.69, 9.17) is 4.74 Å². The lowest BCUT2D eigenvalue weighted by atomic mass is 9.86. The zero-order valence-corrected chi connectivity index (χ0v) is 11.0. The number of rotatable bonds is 3. The Kier molecular flexibility index (Phi) is 3.30. The molecule has 0 bridgehead atoms. The van der Waals surface area contributed by atoms with Gasteiger partial charge in [-0.3, -0.25) is 4.98 Å². The summed E-state index contributed by atoms with van der Waals surface area (Å²) in [5, 5.41) is 12.1. The van der Waals surface area contributed by atoms with E-state index in [0.717, 1.165) is 10.1 Å². The summed E-state index contributed by atoms with van der Waals surface area (Å²) in [6.07, 6.45) is 1.61. The molecular weight excluding hydrogens is 248 g/mol. The van der Waals surface area contributed by atoms with Crippen LogP contribution < -0.4 is 0 Å². The zero-order valence-electron chi connectivity index (χ0n) is 10.1. The maximum Gasteiger partial charge on any atom is 0.332 e. The summed E-state index contributed by atoms with van der Waals surface area (Å²) in [6, 6.07) is 5.77. The predicted octanol–water partition coefficient (Wildman–Crippen LogP) is 2.64. The second-order valence-corrected chi connectivity index (χ2v) is 4.90. The molecule has 0 fully saturated rings. The lowest BCUT2D eigenvalue weighted by Crippen LogP contribution is -2.34. The number of aromatic nitrogens is 1. The highest BCUT2D eigenvalue weighted by atomic mass is 32.1. The number of carbonyl (C=O) groups is 1. The van der Waals surface area contributed by atoms with E-state index in [2.05, 4.69) is 4.98 Å². The van der Waals surface area contributed by atoms with Crippen LogP contribution in [0.25, 0.3) is 10.1 Å². The molecule has 0 radical (unpaired) electrons. The molecule has 0 saturated carbocycles. The third-order valence-electron chi connectivity index (χ3n) is 2.76. The maximum atomic E-state index is 12.0. The van der Waals surface area contributed by atoms with Crippen molar-refractivity contribution in [2.24, 2.45) is 0 Å². The van der Waals surface area contributed by atoms with Crippen LogP contribution in [0.1, 0.15) is 19.5 Å². The fourth-order valence-corrected chi connectivity index (χ4v) is 2.55. The Bertz CT molecular complexity index is 629. The second kappa shape index (κ2) is 4.75. The summed E-state index contributed by atoms with van der Waals surface area (Å²) in [5.74, 6) is -0.557. The number of nitrogens with zero attached hydrogens (tertiary/aromatic N) is 2. The molecule has 1 atom stereocenters. The van der Waals surface area contributed by atoms with Crippen LogP contribution >= 0.6 is 11.3 Å². The van der Waals surface area contributed by atoms with Crippen molar-refractivity contribution < 1.29 is 9.53 Å². The van der Waals surface area contributed by atoms with Gasteiger partial charge in [-0.15, -0.1) is 11.3 Å². The van der Waals surface area contributed by atoms with Crippen molar-refractivity contribution in [2.75, 3.05) is 6.61 Å². The van der Waals surface area contributed by atoms with Gasteiger partial charge in [0.2, 0.25) is 0 Å². The van der Waals surface area contributed by atoms with E-state index in [-0.39, 0.29) is 6.61 Å². The van der Waals surface area contributed by atoms with E-state index in [9.17, 15) is 10.1 Å². The summed E-state index contributed by atoms with van der Waals surface area (Å²) in [7, 11) is 0. The first-order valence-corrected chi connectivity index (χ1v) is 6.42. The number of pyridine rings is 1. The minimum atomic E-state index is -1.36. The molecule has 1 unspecified atom stereocenters. The number of thiophene rings is 1. The first-order chi connectivity index (χ1) is 8.63. The van der Waals surface area contributed by atoms with E-state index in [0.29, 0.717) is 5.69 Å². The highest BCUT2D eigenvalue weighted by Crippen LogP contribution is 2.31. The van der Waals surface area contributed by atoms with Gasteiger partial charge in [-0.05, 0) is 31.4 Å². The van der Waals surface area contributed by atoms with Crippen molar-refractivity contribution in [3.05, 3.63) is 29.4 Å². The normalized spacial score (nSPS) is 13.8. The van der Waals surface area contributed by atoms with Gasteiger partial charge in [0.1, 0.15) is 0 Å². The molecule has 2 aromatic rings. The van der Waals surface area contributed by atoms with E-state index < -0.39 is 11.4 Å². The van der Waals surface area contributed by atoms with Crippen LogP contribution in [-0.4, -0.2) is 17.6 Å². The summed E-state index contributed by atoms with van der Waals surface area (Å²) >= 11 is 1.55. The molecule has 2 aromatic heterocycles. The smallest absolute Gasteiger partial charge is 0.332 e. The molecule has 0 saturated heterocycles. The van der Waals surface area contributed by atoms with Gasteiger partial charge in [-0.25, -0.2) is 4.79 Å². The Hall–Kier alpha value is -1.93. The minimum Gasteiger partial charge on any atom is -0.465 e. The number of carbonyl (C=O) groups excluding carboxylic acids is 1. The number of hydrogen-bond donors (Lipinski definition) is 0. The first kappa shape index (κ1) is 12.5. The Morgan fingerprint density at radius 2 is 2.39 bits per heavy atom. The van der Waals surface area contributed by atoms with E-state index in [1.54, 1.807) is 31.4 Å². The standard InChI is InChI=1S/C13H12N2O2S/c1-3-17-12(16)13(2,8-14)11-9-5-7-18-10(9)4-6-15-11/h4-7H,3H2,1-2H3. The molecule has 2 rings (SSSR count). The first-order valence-electron chi connectivity index (χ1n) is 5.54. The number of esters is 1. The van der Waals surface area contributed by atoms with Crippen molar-refractivity contribution in [3.63, 3.8) is 0 Å². The van der Waals surface area contributed by atoms with E-state index >= 15 is 0 Å². The summed E-state index contributed by atoms with van der Waals surface area (Å²) < 4.78 is 5.99. The monoisotopic (exact) mass is 260 g/mol. The van der Waals surface area contributed by atoms with Gasteiger partial charge in [0.05, 0.1) is 18.4 Å². The van der Waals surface area contributed by atoms with Gasteiger partial charge < -0.3 is 4.74 Å². The van der Waals surface area contributed by atoms with Crippen molar-refractivity contribution in [1.29, 1.82) is 5.26 Å². The average Bonchev–Trinajstić information content (AvgIpc) is 2.86. The Balaban J connectivity index is 2.60. The van der Waals surface area contributed by atoms with Crippen LogP contribution in [0, 0.1) is 11.3 Å². The SMILES string of the molecule is CCOC(=O)C(C)(C#N)c1nccc2sccc12. The van der Waals surface area contributed by atoms with Crippen LogP contribution in [0.2, 0.25) is 0 Å². The van der Waals surface area contributed by atoms with Crippen molar-refractivity contribution >= 4 is 27.4 Å². The fourth-order valence-electron chi connectivity index (χ4n) is 1.76. The molecule has 0 amide bonds. The molecule has 4 nitrogen and oxygen atoms in total. The molecule has 0 aliphatic rings. The van der Waals surface area contributed by atoms with Gasteiger partial charge >= 0.3 is 5.97 Å². The molecule has 0 aliphatic heterocycles. The molecule has 18 heavy (non-hydrogen) atoms. The van der Waals surface area contributed by atoms with Crippen LogP contribution in [0.3, 0.4) is 0 Å². The van der Waals surface area contributed by atoms with Crippen LogP contribution in [0.4, 0.5) is 0 Å². The number of nitriles is 1. The molecule has 2 heterocycles. The van der Waals surface area contributed by atoms with Gasteiger partial charge in [-0.2, -0.15) is 5.26 Å². The topological polar surface area (TPSA) is 63.0 Å². The summed E-state index contributed by atoms with van der Waals surface area (Å²) in [4.78, 5) is 16.2. The van der Waals surface area contributed by atoms with Gasteiger partial charge in [-0.1, -0.05) is 0 Å². The maximum absolute atomic E-state index is 12.0. The molecule has 0 N–H and O–H groups in total. The molecule has 0 aliphatic carbocycles. The Morgan fingerprint density at radius 1 is 1.61 bits per heavy atom. The summed E-state index contributed by atoms with van der Waals surface area (Å²) in [6.45, 7) is 3.51. The van der Waals surface area contributed by atoms with Gasteiger partial charge in [0.25, 0.3) is 0 Å². The molecule has 0 spiro atoms. The fraction of sp³-hybridized carbons (Fsp3) is 0.308. The number of fused-ring (bicyclic) bond motifs is 1. The van der Waals surface area contributed by atoms with Gasteiger partial charge in [0, 0.05) is 16.3 Å². The molecule has 0 aromatic carbocycles. The predicted molar refractivity (Wildman–Crippen MR) is 69.2 cm³/mol. The van der Waals surface area contributed by atoms with Gasteiger partial charge in [0.15, 0.2) is 5.41 Å². The molecular formula is C13H12N2O2S. The Morgan fingerprint density at radius 3 is 3.06 bits per heavy atom. The lowest BCUT2D eigenvalue weighted by Gasteiger charge is -2.19. The third kappa shape index (κ3) is 1.85. The summed E-state index contributed by atoms with van der Waals surface area (Å²) in [5.41, 5.74) is -0.904. The van der Waals surface area contributed by atoms with Crippen LogP contribution in [-0.2, 0) is 14.9 Å². The van der Waals surface area contributed by atoms with Crippen molar-refractivity contribution in [3.8, 4) is 6.07 Å². The van der Waals surface area contributed by atoms with Crippen LogP contribution in [0.5, 0.6) is 0 Å². The highest BCUT2D eigenvalue weighted by Gasteiger charge is 2.40. The molecule has 5 heteroatoms. The molecule has 92 valence electrons. The largest absolute Gasteiger partial charge is 0.465 e. The number of ether oxygens (including phenoxy) is 1. The van der Waals surface area contributed by atoms with E-state index in [1.807, 2.05) is 23.6 Å². The highest BCUT2D eigenvalue weighted by molar-refractivity contribution is 7.17. The Labute approximate surface area is 109 Å². The second-order valence-electron chi connectivity index (χ2n) is 3.95. The van der Waals surface area contributed by atoms with Crippen molar-refractivity contribution in [1.82, 2.24) is 4.98 Å². The zero-order chi connectivity index (χ0) is 13.2. The van der Waals surface area contributed by atoms with Crippen molar-refractivity contribution in [2.45, 2.75) is 19.3 Å². The third-order valence-corrected chi connectivity index (χ3v) is 3.64. The minimum absolute atomic E-state index is 0.246. The van der Waals surface area contributed by atoms with Crippen LogP contribution in [0.15, 0.2) is 23.7 Å². The number of hydrogen-bond acceptors (Lipinski definition) is 5. The quantitative estimate of drug-likeness (QED) is 0.796. The lowest BCUT2D eigenvalue weighted by molar-refractivity contribution is -0.147. The van der Waals surface area contributed by atoms with E-state index in [1.165, 1.54) is 0 Å².